The molecule has 1 aromatic heterocycles. The number of furan rings is 1. The van der Waals surface area contributed by atoms with Crippen LogP contribution in [0.4, 0.5) is 0 Å². The Morgan fingerprint density at radius 1 is 1.40 bits per heavy atom. The molecule has 1 fully saturated rings. The van der Waals surface area contributed by atoms with Gasteiger partial charge in [0.15, 0.2) is 0 Å². The van der Waals surface area contributed by atoms with E-state index < -0.39 is 32.9 Å². The van der Waals surface area contributed by atoms with Crippen molar-refractivity contribution in [3.8, 4) is 0 Å². The molecule has 1 amide bonds. The number of ether oxygens (including phenoxy) is 1. The molecular weight excluding hydrogens is 352 g/mol. The van der Waals surface area contributed by atoms with E-state index in [9.17, 15) is 18.0 Å². The number of carbonyl (C=O) groups excluding carboxylic acids is 1. The van der Waals surface area contributed by atoms with Crippen LogP contribution in [0, 0.1) is 0 Å². The predicted octanol–water partition coefficient (Wildman–Crippen LogP) is 0.674. The molecule has 0 aromatic carbocycles. The summed E-state index contributed by atoms with van der Waals surface area (Å²) in [7, 11) is -2.46. The van der Waals surface area contributed by atoms with Gasteiger partial charge in [0, 0.05) is 26.8 Å². The number of aromatic carboxylic acids is 1. The van der Waals surface area contributed by atoms with Crippen LogP contribution in [0.3, 0.4) is 0 Å². The van der Waals surface area contributed by atoms with Crippen molar-refractivity contribution in [3.63, 3.8) is 0 Å². The summed E-state index contributed by atoms with van der Waals surface area (Å²) in [4.78, 5) is 23.2. The molecule has 0 saturated carbocycles. The second kappa shape index (κ2) is 8.45. The number of sulfonamides is 1. The first-order valence-corrected chi connectivity index (χ1v) is 9.43. The molecule has 10 heteroatoms. The minimum absolute atomic E-state index is 0.188. The van der Waals surface area contributed by atoms with E-state index >= 15 is 0 Å². The summed E-state index contributed by atoms with van der Waals surface area (Å²) in [5.74, 6) is -2.17. The minimum Gasteiger partial charge on any atom is -0.475 e. The van der Waals surface area contributed by atoms with Gasteiger partial charge in [0.1, 0.15) is 6.04 Å². The van der Waals surface area contributed by atoms with Crippen LogP contribution >= 0.6 is 0 Å². The first-order valence-electron chi connectivity index (χ1n) is 7.99. The average Bonchev–Trinajstić information content (AvgIpc) is 3.24. The molecular formula is C15H22N2O7S. The lowest BCUT2D eigenvalue weighted by Crippen LogP contribution is -2.46. The number of rotatable bonds is 9. The molecule has 0 aliphatic carbocycles. The average molecular weight is 374 g/mol. The van der Waals surface area contributed by atoms with Gasteiger partial charge in [-0.1, -0.05) is 0 Å². The lowest BCUT2D eigenvalue weighted by atomic mass is 10.2. The standard InChI is InChI=1S/C15H22N2O7S/c1-23-10-3-2-8-16-14(18)11-5-4-9-17(11)25(21,22)13-7-6-12(24-13)15(19)20/h6-7,11H,2-5,8-10H2,1H3,(H,16,18)(H,19,20). The largest absolute Gasteiger partial charge is 0.475 e. The van der Waals surface area contributed by atoms with Crippen molar-refractivity contribution in [3.05, 3.63) is 17.9 Å². The summed E-state index contributed by atoms with van der Waals surface area (Å²) in [6.45, 7) is 1.23. The smallest absolute Gasteiger partial charge is 0.371 e. The van der Waals surface area contributed by atoms with Crippen molar-refractivity contribution in [2.45, 2.75) is 36.8 Å². The molecule has 2 rings (SSSR count). The third-order valence-corrected chi connectivity index (χ3v) is 5.72. The normalized spacial score (nSPS) is 18.4. The molecule has 1 unspecified atom stereocenters. The topological polar surface area (TPSA) is 126 Å². The Kier molecular flexibility index (Phi) is 6.57. The maximum Gasteiger partial charge on any atom is 0.371 e. The highest BCUT2D eigenvalue weighted by atomic mass is 32.2. The maximum atomic E-state index is 12.6. The third-order valence-electron chi connectivity index (χ3n) is 3.94. The lowest BCUT2D eigenvalue weighted by molar-refractivity contribution is -0.124. The molecule has 2 heterocycles. The predicted molar refractivity (Wildman–Crippen MR) is 86.7 cm³/mol. The number of hydrogen-bond donors (Lipinski definition) is 2. The van der Waals surface area contributed by atoms with E-state index in [1.165, 1.54) is 0 Å². The van der Waals surface area contributed by atoms with Crippen LogP contribution in [0.2, 0.25) is 0 Å². The number of carboxylic acids is 1. The van der Waals surface area contributed by atoms with Gasteiger partial charge in [0.2, 0.25) is 16.8 Å². The van der Waals surface area contributed by atoms with Crippen LogP contribution in [0.1, 0.15) is 36.2 Å². The molecule has 1 atom stereocenters. The Morgan fingerprint density at radius 3 is 2.80 bits per heavy atom. The van der Waals surface area contributed by atoms with Crippen LogP contribution < -0.4 is 5.32 Å². The van der Waals surface area contributed by atoms with E-state index in [4.69, 9.17) is 14.3 Å². The molecule has 1 aliphatic heterocycles. The molecule has 9 nitrogen and oxygen atoms in total. The Labute approximate surface area is 146 Å². The highest BCUT2D eigenvalue weighted by Crippen LogP contribution is 2.27. The number of carbonyl (C=O) groups is 2. The molecule has 1 aromatic rings. The summed E-state index contributed by atoms with van der Waals surface area (Å²) in [6, 6.07) is 1.36. The third kappa shape index (κ3) is 4.59. The van der Waals surface area contributed by atoms with Gasteiger partial charge in [0.05, 0.1) is 0 Å². The minimum atomic E-state index is -4.06. The van der Waals surface area contributed by atoms with Gasteiger partial charge in [-0.05, 0) is 37.8 Å². The highest BCUT2D eigenvalue weighted by Gasteiger charge is 2.41. The second-order valence-electron chi connectivity index (χ2n) is 5.69. The molecule has 1 saturated heterocycles. The van der Waals surface area contributed by atoms with Gasteiger partial charge in [0.25, 0.3) is 10.0 Å². The fourth-order valence-corrected chi connectivity index (χ4v) is 4.25. The van der Waals surface area contributed by atoms with Gasteiger partial charge in [-0.2, -0.15) is 4.31 Å². The van der Waals surface area contributed by atoms with Crippen LogP contribution in [0.15, 0.2) is 21.6 Å². The molecule has 25 heavy (non-hydrogen) atoms. The van der Waals surface area contributed by atoms with Gasteiger partial charge in [-0.15, -0.1) is 0 Å². The van der Waals surface area contributed by atoms with Crippen molar-refractivity contribution in [1.29, 1.82) is 0 Å². The molecule has 0 spiro atoms. The van der Waals surface area contributed by atoms with Crippen molar-refractivity contribution in [2.75, 3.05) is 26.8 Å². The molecule has 140 valence electrons. The Balaban J connectivity index is 2.03. The van der Waals surface area contributed by atoms with Crippen molar-refractivity contribution in [2.24, 2.45) is 0 Å². The second-order valence-corrected chi connectivity index (χ2v) is 7.51. The monoisotopic (exact) mass is 374 g/mol. The van der Waals surface area contributed by atoms with E-state index in [1.54, 1.807) is 7.11 Å². The van der Waals surface area contributed by atoms with Gasteiger partial charge < -0.3 is 19.6 Å². The zero-order chi connectivity index (χ0) is 18.4. The lowest BCUT2D eigenvalue weighted by Gasteiger charge is -2.22. The van der Waals surface area contributed by atoms with E-state index in [0.29, 0.717) is 26.0 Å². The highest BCUT2D eigenvalue weighted by molar-refractivity contribution is 7.89. The van der Waals surface area contributed by atoms with Crippen molar-refractivity contribution < 1.29 is 32.3 Å². The fraction of sp³-hybridized carbons (Fsp3) is 0.600. The molecule has 1 aliphatic rings. The number of amides is 1. The van der Waals surface area contributed by atoms with Crippen molar-refractivity contribution >= 4 is 21.9 Å². The number of methoxy groups -OCH3 is 1. The number of carboxylic acid groups (broad SMARTS) is 1. The van der Waals surface area contributed by atoms with E-state index in [0.717, 1.165) is 29.3 Å². The van der Waals surface area contributed by atoms with E-state index in [-0.39, 0.29) is 12.5 Å². The summed E-state index contributed by atoms with van der Waals surface area (Å²) in [6.07, 6.45) is 2.50. The van der Waals surface area contributed by atoms with Gasteiger partial charge in [-0.25, -0.2) is 13.2 Å². The number of unbranched alkanes of at least 4 members (excludes halogenated alkanes) is 1. The van der Waals surface area contributed by atoms with E-state index in [1.807, 2.05) is 0 Å². The first kappa shape index (κ1) is 19.4. The summed E-state index contributed by atoms with van der Waals surface area (Å²) in [5.41, 5.74) is 0. The number of nitrogens with zero attached hydrogens (tertiary/aromatic N) is 1. The van der Waals surface area contributed by atoms with Gasteiger partial charge in [-0.3, -0.25) is 4.79 Å². The van der Waals surface area contributed by atoms with E-state index in [2.05, 4.69) is 5.32 Å². The number of nitrogens with one attached hydrogen (secondary N) is 1. The SMILES string of the molecule is COCCCCNC(=O)C1CCCN1S(=O)(=O)c1ccc(C(=O)O)o1. The molecule has 0 bridgehead atoms. The number of hydrogen-bond acceptors (Lipinski definition) is 6. The van der Waals surface area contributed by atoms with Crippen LogP contribution in [0.25, 0.3) is 0 Å². The van der Waals surface area contributed by atoms with Crippen molar-refractivity contribution in [1.82, 2.24) is 9.62 Å². The quantitative estimate of drug-likeness (QED) is 0.608. The van der Waals surface area contributed by atoms with Crippen LogP contribution in [-0.2, 0) is 19.6 Å². The summed E-state index contributed by atoms with van der Waals surface area (Å²) >= 11 is 0. The molecule has 2 N–H and O–H groups in total. The van der Waals surface area contributed by atoms with Crippen LogP contribution in [-0.4, -0.2) is 62.6 Å². The Morgan fingerprint density at radius 2 is 2.16 bits per heavy atom. The Bertz CT molecular complexity index is 713. The summed E-state index contributed by atoms with van der Waals surface area (Å²) in [5, 5.41) is 11.1. The fourth-order valence-electron chi connectivity index (χ4n) is 2.68. The van der Waals surface area contributed by atoms with Crippen LogP contribution in [0.5, 0.6) is 0 Å². The zero-order valence-corrected chi connectivity index (χ0v) is 14.8. The first-order chi connectivity index (χ1) is 11.9. The maximum absolute atomic E-state index is 12.6. The zero-order valence-electron chi connectivity index (χ0n) is 13.9. The Hall–Kier alpha value is -1.91. The summed E-state index contributed by atoms with van der Waals surface area (Å²) < 4.78 is 36.2. The van der Waals surface area contributed by atoms with Gasteiger partial charge >= 0.3 is 5.97 Å². The molecule has 0 radical (unpaired) electrons.